The van der Waals surface area contributed by atoms with Crippen molar-refractivity contribution in [2.75, 3.05) is 7.11 Å². The smallest absolute Gasteiger partial charge is 0.0805 e. The highest BCUT2D eigenvalue weighted by molar-refractivity contribution is 7.15. The van der Waals surface area contributed by atoms with Gasteiger partial charge in [0.25, 0.3) is 0 Å². The Morgan fingerprint density at radius 1 is 0.905 bits per heavy atom. The van der Waals surface area contributed by atoms with Crippen molar-refractivity contribution in [2.45, 2.75) is 13.0 Å². The van der Waals surface area contributed by atoms with E-state index in [0.29, 0.717) is 6.61 Å². The normalized spacial score (nSPS) is 10.7. The zero-order chi connectivity index (χ0) is 14.5. The summed E-state index contributed by atoms with van der Waals surface area (Å²) in [4.78, 5) is 2.63. The van der Waals surface area contributed by atoms with Crippen LogP contribution >= 0.6 is 11.3 Å². The summed E-state index contributed by atoms with van der Waals surface area (Å²) < 4.78 is 5.29. The molecule has 0 unspecified atom stereocenters. The molecule has 21 heavy (non-hydrogen) atoms. The zero-order valence-electron chi connectivity index (χ0n) is 12.1. The second-order valence-corrected chi connectivity index (χ2v) is 6.17. The summed E-state index contributed by atoms with van der Waals surface area (Å²) in [5, 5.41) is 0. The number of thiophene rings is 1. The molecule has 0 amide bonds. The molecule has 2 heteroatoms. The molecular formula is C19H18OS. The molecule has 0 aliphatic rings. The lowest BCUT2D eigenvalue weighted by molar-refractivity contribution is 0.187. The lowest BCUT2D eigenvalue weighted by Gasteiger charge is -2.04. The Labute approximate surface area is 129 Å². The zero-order valence-corrected chi connectivity index (χ0v) is 12.9. The Morgan fingerprint density at radius 2 is 1.57 bits per heavy atom. The van der Waals surface area contributed by atoms with Gasteiger partial charge in [0.15, 0.2) is 0 Å². The predicted molar refractivity (Wildman–Crippen MR) is 89.7 cm³/mol. The van der Waals surface area contributed by atoms with Crippen LogP contribution in [-0.2, 0) is 17.8 Å². The molecule has 2 aromatic carbocycles. The fourth-order valence-electron chi connectivity index (χ4n) is 2.48. The molecule has 0 radical (unpaired) electrons. The van der Waals surface area contributed by atoms with Crippen LogP contribution in [0.25, 0.3) is 10.4 Å². The molecule has 106 valence electrons. The Balaban J connectivity index is 1.98. The van der Waals surface area contributed by atoms with Gasteiger partial charge in [0, 0.05) is 16.9 Å². The van der Waals surface area contributed by atoms with E-state index in [4.69, 9.17) is 4.74 Å². The molecule has 0 fully saturated rings. The van der Waals surface area contributed by atoms with Crippen molar-refractivity contribution in [3.63, 3.8) is 0 Å². The number of ether oxygens (including phenoxy) is 1. The van der Waals surface area contributed by atoms with Gasteiger partial charge in [-0.25, -0.2) is 0 Å². The number of hydrogen-bond acceptors (Lipinski definition) is 2. The lowest BCUT2D eigenvalue weighted by atomic mass is 10.0. The van der Waals surface area contributed by atoms with E-state index in [2.05, 4.69) is 66.7 Å². The van der Waals surface area contributed by atoms with Gasteiger partial charge in [-0.05, 0) is 29.2 Å². The lowest BCUT2D eigenvalue weighted by Crippen LogP contribution is -1.88. The van der Waals surface area contributed by atoms with E-state index in [-0.39, 0.29) is 0 Å². The quantitative estimate of drug-likeness (QED) is 0.632. The van der Waals surface area contributed by atoms with Gasteiger partial charge < -0.3 is 4.74 Å². The summed E-state index contributed by atoms with van der Waals surface area (Å²) >= 11 is 1.83. The van der Waals surface area contributed by atoms with Crippen LogP contribution < -0.4 is 0 Å². The van der Waals surface area contributed by atoms with Gasteiger partial charge in [0.1, 0.15) is 0 Å². The second kappa shape index (κ2) is 6.70. The van der Waals surface area contributed by atoms with Gasteiger partial charge in [0.05, 0.1) is 6.61 Å². The van der Waals surface area contributed by atoms with Crippen molar-refractivity contribution < 1.29 is 4.74 Å². The highest BCUT2D eigenvalue weighted by Gasteiger charge is 2.11. The maximum atomic E-state index is 5.29. The van der Waals surface area contributed by atoms with E-state index in [1.54, 1.807) is 7.11 Å². The SMILES string of the molecule is COCc1cc(Cc2ccccc2)c(-c2ccccc2)s1. The molecule has 3 aromatic rings. The summed E-state index contributed by atoms with van der Waals surface area (Å²) in [5.74, 6) is 0. The minimum Gasteiger partial charge on any atom is -0.379 e. The molecule has 0 aliphatic carbocycles. The first-order valence-corrected chi connectivity index (χ1v) is 7.88. The predicted octanol–water partition coefficient (Wildman–Crippen LogP) is 5.15. The Bertz CT molecular complexity index is 686. The minimum absolute atomic E-state index is 0.680. The largest absolute Gasteiger partial charge is 0.379 e. The maximum absolute atomic E-state index is 5.29. The molecule has 0 aliphatic heterocycles. The van der Waals surface area contributed by atoms with E-state index in [1.165, 1.54) is 26.4 Å². The molecular weight excluding hydrogens is 276 g/mol. The molecule has 0 atom stereocenters. The van der Waals surface area contributed by atoms with Gasteiger partial charge in [-0.3, -0.25) is 0 Å². The van der Waals surface area contributed by atoms with Gasteiger partial charge in [-0.2, -0.15) is 0 Å². The first-order valence-electron chi connectivity index (χ1n) is 7.06. The van der Waals surface area contributed by atoms with Crippen LogP contribution in [0.5, 0.6) is 0 Å². The number of methoxy groups -OCH3 is 1. The molecule has 0 bridgehead atoms. The van der Waals surface area contributed by atoms with Gasteiger partial charge in [-0.1, -0.05) is 60.7 Å². The molecule has 3 rings (SSSR count). The fourth-order valence-corrected chi connectivity index (χ4v) is 3.64. The Kier molecular flexibility index (Phi) is 4.49. The molecule has 1 aromatic heterocycles. The standard InChI is InChI=1S/C19H18OS/c1-20-14-18-13-17(12-15-8-4-2-5-9-15)19(21-18)16-10-6-3-7-11-16/h2-11,13H,12,14H2,1H3. The Hall–Kier alpha value is -1.90. The van der Waals surface area contributed by atoms with E-state index in [9.17, 15) is 0 Å². The maximum Gasteiger partial charge on any atom is 0.0805 e. The summed E-state index contributed by atoms with van der Waals surface area (Å²) in [6, 6.07) is 23.5. The second-order valence-electron chi connectivity index (χ2n) is 5.03. The fraction of sp³-hybridized carbons (Fsp3) is 0.158. The van der Waals surface area contributed by atoms with Crippen LogP contribution in [0, 0.1) is 0 Å². The van der Waals surface area contributed by atoms with Gasteiger partial charge >= 0.3 is 0 Å². The van der Waals surface area contributed by atoms with E-state index >= 15 is 0 Å². The van der Waals surface area contributed by atoms with Crippen LogP contribution in [0.2, 0.25) is 0 Å². The third-order valence-corrected chi connectivity index (χ3v) is 4.62. The number of hydrogen-bond donors (Lipinski definition) is 0. The average Bonchev–Trinajstić information content (AvgIpc) is 2.92. The van der Waals surface area contributed by atoms with Gasteiger partial charge in [-0.15, -0.1) is 11.3 Å². The summed E-state index contributed by atoms with van der Waals surface area (Å²) in [6.07, 6.45) is 0.964. The molecule has 1 heterocycles. The van der Waals surface area contributed by atoms with Crippen molar-refractivity contribution >= 4 is 11.3 Å². The van der Waals surface area contributed by atoms with Crippen molar-refractivity contribution in [3.05, 3.63) is 82.7 Å². The van der Waals surface area contributed by atoms with Crippen molar-refractivity contribution in [3.8, 4) is 10.4 Å². The van der Waals surface area contributed by atoms with Crippen LogP contribution in [-0.4, -0.2) is 7.11 Å². The topological polar surface area (TPSA) is 9.23 Å². The van der Waals surface area contributed by atoms with Crippen molar-refractivity contribution in [1.29, 1.82) is 0 Å². The molecule has 0 saturated carbocycles. The third-order valence-electron chi connectivity index (χ3n) is 3.42. The van der Waals surface area contributed by atoms with E-state index in [0.717, 1.165) is 6.42 Å². The Morgan fingerprint density at radius 3 is 2.24 bits per heavy atom. The van der Waals surface area contributed by atoms with Crippen LogP contribution in [0.15, 0.2) is 66.7 Å². The van der Waals surface area contributed by atoms with Crippen molar-refractivity contribution in [2.24, 2.45) is 0 Å². The van der Waals surface area contributed by atoms with Crippen LogP contribution in [0.1, 0.15) is 16.0 Å². The van der Waals surface area contributed by atoms with Crippen LogP contribution in [0.3, 0.4) is 0 Å². The highest BCUT2D eigenvalue weighted by Crippen LogP contribution is 2.34. The molecule has 0 spiro atoms. The van der Waals surface area contributed by atoms with Crippen molar-refractivity contribution in [1.82, 2.24) is 0 Å². The first-order chi connectivity index (χ1) is 10.4. The monoisotopic (exact) mass is 294 g/mol. The number of rotatable bonds is 5. The summed E-state index contributed by atoms with van der Waals surface area (Å²) in [5.41, 5.74) is 4.01. The highest BCUT2D eigenvalue weighted by atomic mass is 32.1. The van der Waals surface area contributed by atoms with E-state index in [1.807, 2.05) is 11.3 Å². The molecule has 1 nitrogen and oxygen atoms in total. The minimum atomic E-state index is 0.680. The molecule has 0 N–H and O–H groups in total. The molecule has 0 saturated heterocycles. The third kappa shape index (κ3) is 3.41. The number of benzene rings is 2. The van der Waals surface area contributed by atoms with E-state index < -0.39 is 0 Å². The first kappa shape index (κ1) is 14.1. The van der Waals surface area contributed by atoms with Crippen LogP contribution in [0.4, 0.5) is 0 Å². The summed E-state index contributed by atoms with van der Waals surface area (Å²) in [7, 11) is 1.75. The average molecular weight is 294 g/mol. The van der Waals surface area contributed by atoms with Gasteiger partial charge in [0.2, 0.25) is 0 Å². The summed E-state index contributed by atoms with van der Waals surface area (Å²) in [6.45, 7) is 0.680.